The van der Waals surface area contributed by atoms with Gasteiger partial charge in [0, 0.05) is 37.0 Å². The van der Waals surface area contributed by atoms with E-state index in [1.165, 1.54) is 12.1 Å². The van der Waals surface area contributed by atoms with Crippen LogP contribution in [0.1, 0.15) is 43.1 Å². The average Bonchev–Trinajstić information content (AvgIpc) is 2.73. The Bertz CT molecular complexity index is 1110. The normalized spacial score (nSPS) is 18.7. The number of hydrogen-bond acceptors (Lipinski definition) is 6. The molecule has 31 heavy (non-hydrogen) atoms. The van der Waals surface area contributed by atoms with Gasteiger partial charge in [0.05, 0.1) is 17.3 Å². The summed E-state index contributed by atoms with van der Waals surface area (Å²) in [5.41, 5.74) is 6.23. The van der Waals surface area contributed by atoms with Gasteiger partial charge < -0.3 is 15.5 Å². The summed E-state index contributed by atoms with van der Waals surface area (Å²) in [6, 6.07) is 6.13. The van der Waals surface area contributed by atoms with Crippen molar-refractivity contribution in [1.82, 2.24) is 19.9 Å². The monoisotopic (exact) mass is 430 g/mol. The van der Waals surface area contributed by atoms with E-state index >= 15 is 0 Å². The predicted molar refractivity (Wildman–Crippen MR) is 115 cm³/mol. The number of nitrogens with two attached hydrogens (primary N) is 1. The highest BCUT2D eigenvalue weighted by molar-refractivity contribution is 5.89. The summed E-state index contributed by atoms with van der Waals surface area (Å²) in [5.74, 6) is -0.270. The fraction of sp³-hybridized carbons (Fsp3) is 0.409. The topological polar surface area (TPSA) is 71.2 Å². The van der Waals surface area contributed by atoms with Gasteiger partial charge in [0.15, 0.2) is 0 Å². The van der Waals surface area contributed by atoms with E-state index in [4.69, 9.17) is 5.73 Å². The van der Waals surface area contributed by atoms with Gasteiger partial charge in [-0.05, 0) is 25.6 Å². The molecule has 0 spiro atoms. The fourth-order valence-electron chi connectivity index (χ4n) is 4.10. The summed E-state index contributed by atoms with van der Waals surface area (Å²) in [6.07, 6.45) is -1.26. The minimum absolute atomic E-state index is 0.104. The van der Waals surface area contributed by atoms with Gasteiger partial charge in [0.1, 0.15) is 23.3 Å². The molecule has 164 valence electrons. The maximum absolute atomic E-state index is 14.6. The molecule has 1 aromatic carbocycles. The predicted octanol–water partition coefficient (Wildman–Crippen LogP) is 3.98. The minimum Gasteiger partial charge on any atom is -0.383 e. The van der Waals surface area contributed by atoms with E-state index in [1.54, 1.807) is 13.1 Å². The molecule has 0 saturated carbocycles. The summed E-state index contributed by atoms with van der Waals surface area (Å²) in [5, 5.41) is 0.661. The Morgan fingerprint density at radius 2 is 1.90 bits per heavy atom. The Labute approximate surface area is 178 Å². The minimum atomic E-state index is -2.89. The third kappa shape index (κ3) is 4.01. The molecule has 0 aliphatic carbocycles. The van der Waals surface area contributed by atoms with Crippen molar-refractivity contribution in [1.29, 1.82) is 0 Å². The first-order valence-electron chi connectivity index (χ1n) is 10.2. The van der Waals surface area contributed by atoms with Crippen molar-refractivity contribution in [2.45, 2.75) is 32.2 Å². The van der Waals surface area contributed by atoms with Crippen molar-refractivity contribution >= 4 is 22.5 Å². The third-order valence-electron chi connectivity index (χ3n) is 5.89. The highest BCUT2D eigenvalue weighted by atomic mass is 19.3. The lowest BCUT2D eigenvalue weighted by atomic mass is 9.97. The van der Waals surface area contributed by atoms with Crippen LogP contribution >= 0.6 is 0 Å². The molecule has 3 aromatic rings. The zero-order valence-electron chi connectivity index (χ0n) is 17.7. The number of piperazine rings is 1. The number of anilines is 2. The van der Waals surface area contributed by atoms with Crippen LogP contribution in [0.25, 0.3) is 10.9 Å². The van der Waals surface area contributed by atoms with Crippen LogP contribution < -0.4 is 10.6 Å². The van der Waals surface area contributed by atoms with Crippen molar-refractivity contribution in [3.8, 4) is 0 Å². The van der Waals surface area contributed by atoms with Gasteiger partial charge in [-0.25, -0.2) is 28.1 Å². The SMILES string of the molecule is C[C@@H](c1nc(N)c2cc(N3CCN(C)C[C@@H]3C)ncc2n1)c1cccc(C(F)F)c1F. The van der Waals surface area contributed by atoms with Crippen LogP contribution in [0.5, 0.6) is 0 Å². The molecule has 2 aromatic heterocycles. The summed E-state index contributed by atoms with van der Waals surface area (Å²) in [7, 11) is 2.09. The Morgan fingerprint density at radius 3 is 2.61 bits per heavy atom. The Kier molecular flexibility index (Phi) is 5.70. The van der Waals surface area contributed by atoms with Gasteiger partial charge in [-0.15, -0.1) is 0 Å². The summed E-state index contributed by atoms with van der Waals surface area (Å²) < 4.78 is 40.8. The molecule has 0 amide bonds. The van der Waals surface area contributed by atoms with Crippen molar-refractivity contribution in [3.63, 3.8) is 0 Å². The third-order valence-corrected chi connectivity index (χ3v) is 5.89. The van der Waals surface area contributed by atoms with Gasteiger partial charge in [-0.1, -0.05) is 25.1 Å². The van der Waals surface area contributed by atoms with Gasteiger partial charge in [-0.2, -0.15) is 0 Å². The van der Waals surface area contributed by atoms with E-state index in [0.717, 1.165) is 31.5 Å². The van der Waals surface area contributed by atoms with Crippen LogP contribution in [0, 0.1) is 5.82 Å². The first kappa shape index (κ1) is 21.3. The Hall–Kier alpha value is -2.94. The van der Waals surface area contributed by atoms with Crippen molar-refractivity contribution < 1.29 is 13.2 Å². The summed E-state index contributed by atoms with van der Waals surface area (Å²) >= 11 is 0. The highest BCUT2D eigenvalue weighted by Gasteiger charge is 2.25. The number of pyridine rings is 1. The van der Waals surface area contributed by atoms with Crippen molar-refractivity contribution in [3.05, 3.63) is 53.2 Å². The molecule has 1 aliphatic rings. The Morgan fingerprint density at radius 1 is 1.16 bits per heavy atom. The standard InChI is InChI=1S/C22H25F3N6/c1-12-11-30(3)7-8-31(12)18-9-16-17(10-27-18)28-22(29-21(16)26)13(2)14-5-4-6-15(19(14)23)20(24)25/h4-6,9-10,12-13,20H,7-8,11H2,1-3H3,(H2,26,28,29)/t12-,13+/m0/s1. The van der Waals surface area contributed by atoms with E-state index in [1.807, 2.05) is 6.07 Å². The molecule has 0 radical (unpaired) electrons. The number of alkyl halides is 2. The number of benzene rings is 1. The molecule has 6 nitrogen and oxygen atoms in total. The lowest BCUT2D eigenvalue weighted by Crippen LogP contribution is -2.50. The summed E-state index contributed by atoms with van der Waals surface area (Å²) in [4.78, 5) is 17.9. The van der Waals surface area contributed by atoms with E-state index in [-0.39, 0.29) is 17.2 Å². The first-order chi connectivity index (χ1) is 14.8. The van der Waals surface area contributed by atoms with Crippen LogP contribution in [-0.4, -0.2) is 52.6 Å². The molecule has 0 unspecified atom stereocenters. The molecule has 2 N–H and O–H groups in total. The second-order valence-corrected chi connectivity index (χ2v) is 8.10. The average molecular weight is 430 g/mol. The molecule has 3 heterocycles. The molecule has 1 fully saturated rings. The number of rotatable bonds is 4. The quantitative estimate of drug-likeness (QED) is 0.675. The second kappa shape index (κ2) is 8.30. The molecular formula is C22H25F3N6. The summed E-state index contributed by atoms with van der Waals surface area (Å²) in [6.45, 7) is 6.54. The number of halogens is 3. The van der Waals surface area contributed by atoms with Crippen molar-refractivity contribution in [2.75, 3.05) is 37.3 Å². The number of hydrogen-bond donors (Lipinski definition) is 1. The van der Waals surface area contributed by atoms with Crippen molar-refractivity contribution in [2.24, 2.45) is 0 Å². The molecular weight excluding hydrogens is 405 g/mol. The maximum atomic E-state index is 14.6. The molecule has 2 atom stereocenters. The molecule has 4 rings (SSSR count). The Balaban J connectivity index is 1.69. The fourth-order valence-corrected chi connectivity index (χ4v) is 4.10. The van der Waals surface area contributed by atoms with E-state index < -0.39 is 23.7 Å². The van der Waals surface area contributed by atoms with E-state index in [2.05, 4.69) is 38.7 Å². The molecule has 1 aliphatic heterocycles. The largest absolute Gasteiger partial charge is 0.383 e. The van der Waals surface area contributed by atoms with Gasteiger partial charge in [0.2, 0.25) is 0 Å². The zero-order valence-corrected chi connectivity index (χ0v) is 17.7. The van der Waals surface area contributed by atoms with Crippen LogP contribution in [-0.2, 0) is 0 Å². The van der Waals surface area contributed by atoms with Gasteiger partial charge >= 0.3 is 0 Å². The van der Waals surface area contributed by atoms with E-state index in [9.17, 15) is 13.2 Å². The second-order valence-electron chi connectivity index (χ2n) is 8.10. The number of fused-ring (bicyclic) bond motifs is 1. The van der Waals surface area contributed by atoms with Gasteiger partial charge in [-0.3, -0.25) is 0 Å². The number of nitrogen functional groups attached to an aromatic ring is 1. The highest BCUT2D eigenvalue weighted by Crippen LogP contribution is 2.32. The molecule has 9 heteroatoms. The number of likely N-dealkylation sites (N-methyl/N-ethyl adjacent to an activating group) is 1. The number of nitrogens with zero attached hydrogens (tertiary/aromatic N) is 5. The number of aromatic nitrogens is 3. The van der Waals surface area contributed by atoms with Crippen LogP contribution in [0.15, 0.2) is 30.5 Å². The van der Waals surface area contributed by atoms with Crippen LogP contribution in [0.3, 0.4) is 0 Å². The molecule has 1 saturated heterocycles. The van der Waals surface area contributed by atoms with Gasteiger partial charge in [0.25, 0.3) is 6.43 Å². The van der Waals surface area contributed by atoms with Crippen LogP contribution in [0.2, 0.25) is 0 Å². The van der Waals surface area contributed by atoms with E-state index in [0.29, 0.717) is 16.9 Å². The maximum Gasteiger partial charge on any atom is 0.266 e. The zero-order chi connectivity index (χ0) is 22.3. The first-order valence-corrected chi connectivity index (χ1v) is 10.2. The smallest absolute Gasteiger partial charge is 0.266 e. The molecule has 0 bridgehead atoms. The lowest BCUT2D eigenvalue weighted by molar-refractivity contribution is 0.146. The van der Waals surface area contributed by atoms with Crippen LogP contribution in [0.4, 0.5) is 24.8 Å². The lowest BCUT2D eigenvalue weighted by Gasteiger charge is -2.39.